The fourth-order valence-electron chi connectivity index (χ4n) is 2.87. The van der Waals surface area contributed by atoms with Gasteiger partial charge < -0.3 is 19.9 Å². The smallest absolute Gasteiger partial charge is 0.122 e. The molecular weight excluding hydrogens is 316 g/mol. The van der Waals surface area contributed by atoms with Crippen LogP contribution in [0.15, 0.2) is 54.6 Å². The topological polar surface area (TPSA) is 54.0 Å². The van der Waals surface area contributed by atoms with E-state index in [4.69, 9.17) is 9.47 Å². The number of benzene rings is 2. The molecule has 1 fully saturated rings. The number of nitrogens with zero attached hydrogens (tertiary/aromatic N) is 1. The van der Waals surface area contributed by atoms with Crippen LogP contribution in [0.4, 0.5) is 0 Å². The highest BCUT2D eigenvalue weighted by atomic mass is 16.5. The molecule has 0 spiro atoms. The summed E-state index contributed by atoms with van der Waals surface area (Å²) in [7, 11) is 0. The van der Waals surface area contributed by atoms with Gasteiger partial charge in [-0.25, -0.2) is 0 Å². The third kappa shape index (κ3) is 5.74. The normalized spacial score (nSPS) is 16.4. The number of aliphatic hydroxyl groups is 1. The van der Waals surface area contributed by atoms with E-state index < -0.39 is 6.10 Å². The SMILES string of the molecule is OC(CN1CCNCC1)c1ccc(OCCOc2ccccc2)cc1. The lowest BCUT2D eigenvalue weighted by Gasteiger charge is -2.29. The highest BCUT2D eigenvalue weighted by Gasteiger charge is 2.15. The second kappa shape index (κ2) is 9.42. The fourth-order valence-corrected chi connectivity index (χ4v) is 2.87. The van der Waals surface area contributed by atoms with Gasteiger partial charge in [-0.3, -0.25) is 4.90 Å². The number of hydrogen-bond acceptors (Lipinski definition) is 5. The Labute approximate surface area is 149 Å². The Bertz CT molecular complexity index is 613. The van der Waals surface area contributed by atoms with E-state index in [0.29, 0.717) is 19.8 Å². The molecule has 2 N–H and O–H groups in total. The van der Waals surface area contributed by atoms with Crippen molar-refractivity contribution in [3.63, 3.8) is 0 Å². The molecule has 0 bridgehead atoms. The summed E-state index contributed by atoms with van der Waals surface area (Å²) in [5, 5.41) is 13.7. The Balaban J connectivity index is 1.40. The highest BCUT2D eigenvalue weighted by molar-refractivity contribution is 5.28. The second-order valence-electron chi connectivity index (χ2n) is 6.15. The molecule has 5 heteroatoms. The summed E-state index contributed by atoms with van der Waals surface area (Å²) >= 11 is 0. The minimum atomic E-state index is -0.464. The van der Waals surface area contributed by atoms with Gasteiger partial charge in [-0.05, 0) is 29.8 Å². The average Bonchev–Trinajstić information content (AvgIpc) is 2.67. The molecule has 1 saturated heterocycles. The molecule has 134 valence electrons. The molecule has 0 saturated carbocycles. The van der Waals surface area contributed by atoms with Gasteiger partial charge in [0.2, 0.25) is 0 Å². The fraction of sp³-hybridized carbons (Fsp3) is 0.400. The van der Waals surface area contributed by atoms with Crippen molar-refractivity contribution in [2.24, 2.45) is 0 Å². The van der Waals surface area contributed by atoms with E-state index in [9.17, 15) is 5.11 Å². The van der Waals surface area contributed by atoms with Gasteiger partial charge in [0.05, 0.1) is 6.10 Å². The van der Waals surface area contributed by atoms with E-state index >= 15 is 0 Å². The molecule has 1 aliphatic heterocycles. The van der Waals surface area contributed by atoms with Gasteiger partial charge in [0.25, 0.3) is 0 Å². The lowest BCUT2D eigenvalue weighted by Crippen LogP contribution is -2.44. The number of β-amino-alcohol motifs (C(OH)–C–C–N with tert-alkyl or cyclic N) is 1. The van der Waals surface area contributed by atoms with Gasteiger partial charge >= 0.3 is 0 Å². The Kier molecular flexibility index (Phi) is 6.68. The molecule has 25 heavy (non-hydrogen) atoms. The van der Waals surface area contributed by atoms with Crippen molar-refractivity contribution < 1.29 is 14.6 Å². The van der Waals surface area contributed by atoms with Crippen LogP contribution in [0.5, 0.6) is 11.5 Å². The van der Waals surface area contributed by atoms with Crippen LogP contribution in [0.25, 0.3) is 0 Å². The minimum Gasteiger partial charge on any atom is -0.490 e. The first-order valence-electron chi connectivity index (χ1n) is 8.83. The van der Waals surface area contributed by atoms with Crippen molar-refractivity contribution >= 4 is 0 Å². The summed E-state index contributed by atoms with van der Waals surface area (Å²) in [6.07, 6.45) is -0.464. The number of hydrogen-bond donors (Lipinski definition) is 2. The molecule has 2 aromatic carbocycles. The summed E-state index contributed by atoms with van der Waals surface area (Å²) in [4.78, 5) is 2.28. The molecule has 0 aromatic heterocycles. The molecule has 1 heterocycles. The number of ether oxygens (including phenoxy) is 2. The Hall–Kier alpha value is -2.08. The van der Waals surface area contributed by atoms with Crippen molar-refractivity contribution in [1.82, 2.24) is 10.2 Å². The first kappa shape index (κ1) is 17.7. The predicted octanol–water partition coefficient (Wildman–Crippen LogP) is 2.08. The number of para-hydroxylation sites is 1. The first-order valence-corrected chi connectivity index (χ1v) is 8.83. The van der Waals surface area contributed by atoms with E-state index in [2.05, 4.69) is 10.2 Å². The second-order valence-corrected chi connectivity index (χ2v) is 6.15. The van der Waals surface area contributed by atoms with Crippen LogP contribution >= 0.6 is 0 Å². The highest BCUT2D eigenvalue weighted by Crippen LogP contribution is 2.19. The van der Waals surface area contributed by atoms with Crippen molar-refractivity contribution in [3.05, 3.63) is 60.2 Å². The summed E-state index contributed by atoms with van der Waals surface area (Å²) in [5.74, 6) is 1.63. The van der Waals surface area contributed by atoms with Gasteiger partial charge in [-0.2, -0.15) is 0 Å². The monoisotopic (exact) mass is 342 g/mol. The largest absolute Gasteiger partial charge is 0.490 e. The van der Waals surface area contributed by atoms with Gasteiger partial charge in [0, 0.05) is 32.7 Å². The van der Waals surface area contributed by atoms with Crippen LogP contribution in [-0.4, -0.2) is 55.9 Å². The molecule has 5 nitrogen and oxygen atoms in total. The third-order valence-electron chi connectivity index (χ3n) is 4.27. The van der Waals surface area contributed by atoms with E-state index in [0.717, 1.165) is 43.2 Å². The van der Waals surface area contributed by atoms with Gasteiger partial charge in [0.1, 0.15) is 24.7 Å². The predicted molar refractivity (Wildman–Crippen MR) is 98.1 cm³/mol. The maximum atomic E-state index is 10.4. The average molecular weight is 342 g/mol. The lowest BCUT2D eigenvalue weighted by molar-refractivity contribution is 0.105. The van der Waals surface area contributed by atoms with Crippen molar-refractivity contribution in [2.45, 2.75) is 6.10 Å². The van der Waals surface area contributed by atoms with E-state index in [1.807, 2.05) is 54.6 Å². The molecule has 3 rings (SSSR count). The van der Waals surface area contributed by atoms with Crippen LogP contribution in [0.3, 0.4) is 0 Å². The van der Waals surface area contributed by atoms with Crippen molar-refractivity contribution in [2.75, 3.05) is 45.9 Å². The number of aliphatic hydroxyl groups excluding tert-OH is 1. The third-order valence-corrected chi connectivity index (χ3v) is 4.27. The molecule has 0 amide bonds. The van der Waals surface area contributed by atoms with Crippen LogP contribution in [-0.2, 0) is 0 Å². The van der Waals surface area contributed by atoms with Crippen LogP contribution in [0.1, 0.15) is 11.7 Å². The summed E-state index contributed by atoms with van der Waals surface area (Å²) in [5.41, 5.74) is 0.923. The summed E-state index contributed by atoms with van der Waals surface area (Å²) < 4.78 is 11.3. The van der Waals surface area contributed by atoms with Gasteiger partial charge in [-0.15, -0.1) is 0 Å². The van der Waals surface area contributed by atoms with Gasteiger partial charge in [-0.1, -0.05) is 30.3 Å². The minimum absolute atomic E-state index is 0.464. The van der Waals surface area contributed by atoms with E-state index in [1.165, 1.54) is 0 Å². The Morgan fingerprint density at radius 1 is 0.880 bits per heavy atom. The molecule has 1 aliphatic rings. The molecule has 0 radical (unpaired) electrons. The van der Waals surface area contributed by atoms with Crippen molar-refractivity contribution in [1.29, 1.82) is 0 Å². The molecule has 1 atom stereocenters. The first-order chi connectivity index (χ1) is 12.3. The number of rotatable bonds is 8. The van der Waals surface area contributed by atoms with Crippen LogP contribution in [0, 0.1) is 0 Å². The Morgan fingerprint density at radius 2 is 1.48 bits per heavy atom. The summed E-state index contributed by atoms with van der Waals surface area (Å²) in [6, 6.07) is 17.4. The van der Waals surface area contributed by atoms with Crippen LogP contribution in [0.2, 0.25) is 0 Å². The molecular formula is C20H26N2O3. The zero-order valence-electron chi connectivity index (χ0n) is 14.4. The Morgan fingerprint density at radius 3 is 2.12 bits per heavy atom. The van der Waals surface area contributed by atoms with E-state index in [1.54, 1.807) is 0 Å². The summed E-state index contributed by atoms with van der Waals surface area (Å²) in [6.45, 7) is 5.61. The maximum Gasteiger partial charge on any atom is 0.122 e. The number of piperazine rings is 1. The van der Waals surface area contributed by atoms with Gasteiger partial charge in [0.15, 0.2) is 0 Å². The van der Waals surface area contributed by atoms with E-state index in [-0.39, 0.29) is 0 Å². The standard InChI is InChI=1S/C20H26N2O3/c23-20(16-22-12-10-21-11-13-22)17-6-8-19(9-7-17)25-15-14-24-18-4-2-1-3-5-18/h1-9,20-21,23H,10-16H2. The molecule has 0 aliphatic carbocycles. The van der Waals surface area contributed by atoms with Crippen molar-refractivity contribution in [3.8, 4) is 11.5 Å². The number of nitrogens with one attached hydrogen (secondary N) is 1. The zero-order chi connectivity index (χ0) is 17.3. The molecule has 2 aromatic rings. The quantitative estimate of drug-likeness (QED) is 0.720. The maximum absolute atomic E-state index is 10.4. The zero-order valence-corrected chi connectivity index (χ0v) is 14.4. The lowest BCUT2D eigenvalue weighted by atomic mass is 10.1. The van der Waals surface area contributed by atoms with Crippen LogP contribution < -0.4 is 14.8 Å². The molecule has 1 unspecified atom stereocenters.